The van der Waals surface area contributed by atoms with E-state index in [4.69, 9.17) is 4.74 Å². The first-order valence-corrected chi connectivity index (χ1v) is 6.42. The minimum Gasteiger partial charge on any atom is -0.504 e. The Morgan fingerprint density at radius 3 is 2.72 bits per heavy atom. The molecule has 18 heavy (non-hydrogen) atoms. The first-order chi connectivity index (χ1) is 8.63. The summed E-state index contributed by atoms with van der Waals surface area (Å²) in [6, 6.07) is 5.28. The molecule has 0 amide bonds. The van der Waals surface area contributed by atoms with Crippen LogP contribution in [0.25, 0.3) is 0 Å². The standard InChI is InChI=1S/C14H21NO3/c1-18-13-8-11(4-5-12(13)16)9-15-10-14(17)6-2-3-7-14/h4-5,8,15-17H,2-3,6-7,9-10H2,1H3. The minimum atomic E-state index is -0.527. The molecule has 2 rings (SSSR count). The average Bonchev–Trinajstić information content (AvgIpc) is 2.78. The largest absolute Gasteiger partial charge is 0.504 e. The van der Waals surface area contributed by atoms with Gasteiger partial charge in [0, 0.05) is 13.1 Å². The van der Waals surface area contributed by atoms with Crippen molar-refractivity contribution in [1.82, 2.24) is 5.32 Å². The van der Waals surface area contributed by atoms with Gasteiger partial charge in [0.1, 0.15) is 0 Å². The van der Waals surface area contributed by atoms with E-state index in [1.807, 2.05) is 6.07 Å². The lowest BCUT2D eigenvalue weighted by atomic mass is 10.0. The predicted molar refractivity (Wildman–Crippen MR) is 69.8 cm³/mol. The third kappa shape index (κ3) is 3.15. The van der Waals surface area contributed by atoms with Gasteiger partial charge in [-0.3, -0.25) is 0 Å². The quantitative estimate of drug-likeness (QED) is 0.746. The average molecular weight is 251 g/mol. The third-order valence-electron chi connectivity index (χ3n) is 3.56. The first-order valence-electron chi connectivity index (χ1n) is 6.42. The van der Waals surface area contributed by atoms with Gasteiger partial charge in [0.2, 0.25) is 0 Å². The lowest BCUT2D eigenvalue weighted by Crippen LogP contribution is -2.37. The van der Waals surface area contributed by atoms with E-state index in [2.05, 4.69) is 5.32 Å². The van der Waals surface area contributed by atoms with Gasteiger partial charge >= 0.3 is 0 Å². The molecule has 1 aliphatic carbocycles. The Bertz CT molecular complexity index is 400. The van der Waals surface area contributed by atoms with Crippen LogP contribution in [0, 0.1) is 0 Å². The SMILES string of the molecule is COc1cc(CNCC2(O)CCCC2)ccc1O. The molecule has 0 bridgehead atoms. The molecule has 0 aliphatic heterocycles. The van der Waals surface area contributed by atoms with Crippen LogP contribution >= 0.6 is 0 Å². The fourth-order valence-electron chi connectivity index (χ4n) is 2.48. The summed E-state index contributed by atoms with van der Waals surface area (Å²) < 4.78 is 5.06. The number of ether oxygens (including phenoxy) is 1. The Labute approximate surface area is 108 Å². The Hall–Kier alpha value is -1.26. The number of phenolic OH excluding ortho intramolecular Hbond substituents is 1. The van der Waals surface area contributed by atoms with E-state index < -0.39 is 5.60 Å². The smallest absolute Gasteiger partial charge is 0.160 e. The fourth-order valence-corrected chi connectivity index (χ4v) is 2.48. The monoisotopic (exact) mass is 251 g/mol. The second-order valence-electron chi connectivity index (χ2n) is 5.04. The van der Waals surface area contributed by atoms with Gasteiger partial charge in [-0.05, 0) is 30.5 Å². The molecule has 4 nitrogen and oxygen atoms in total. The van der Waals surface area contributed by atoms with E-state index in [0.29, 0.717) is 18.8 Å². The number of hydrogen-bond acceptors (Lipinski definition) is 4. The van der Waals surface area contributed by atoms with Gasteiger partial charge in [-0.1, -0.05) is 18.9 Å². The predicted octanol–water partition coefficient (Wildman–Crippen LogP) is 1.80. The highest BCUT2D eigenvalue weighted by molar-refractivity contribution is 5.41. The summed E-state index contributed by atoms with van der Waals surface area (Å²) in [5, 5.41) is 22.9. The molecule has 0 spiro atoms. The Morgan fingerprint density at radius 2 is 2.06 bits per heavy atom. The molecular weight excluding hydrogens is 230 g/mol. The van der Waals surface area contributed by atoms with Crippen molar-refractivity contribution in [2.45, 2.75) is 37.8 Å². The molecule has 0 heterocycles. The van der Waals surface area contributed by atoms with Crippen LogP contribution in [0.1, 0.15) is 31.2 Å². The molecule has 1 fully saturated rings. The molecule has 0 atom stereocenters. The lowest BCUT2D eigenvalue weighted by Gasteiger charge is -2.22. The van der Waals surface area contributed by atoms with E-state index in [1.165, 1.54) is 7.11 Å². The summed E-state index contributed by atoms with van der Waals surface area (Å²) in [7, 11) is 1.54. The Morgan fingerprint density at radius 1 is 1.33 bits per heavy atom. The lowest BCUT2D eigenvalue weighted by molar-refractivity contribution is 0.0475. The summed E-state index contributed by atoms with van der Waals surface area (Å²) >= 11 is 0. The molecule has 0 unspecified atom stereocenters. The number of hydrogen-bond donors (Lipinski definition) is 3. The van der Waals surface area contributed by atoms with Crippen molar-refractivity contribution < 1.29 is 14.9 Å². The van der Waals surface area contributed by atoms with Crippen LogP contribution in [0.2, 0.25) is 0 Å². The molecule has 0 saturated heterocycles. The summed E-state index contributed by atoms with van der Waals surface area (Å²) in [6.45, 7) is 1.29. The normalized spacial score (nSPS) is 17.9. The highest BCUT2D eigenvalue weighted by atomic mass is 16.5. The fraction of sp³-hybridized carbons (Fsp3) is 0.571. The van der Waals surface area contributed by atoms with Gasteiger partial charge in [0.15, 0.2) is 11.5 Å². The Balaban J connectivity index is 1.86. The van der Waals surface area contributed by atoms with Crippen LogP contribution in [0.15, 0.2) is 18.2 Å². The summed E-state index contributed by atoms with van der Waals surface area (Å²) in [5.41, 5.74) is 0.507. The van der Waals surface area contributed by atoms with Gasteiger partial charge in [-0.25, -0.2) is 0 Å². The number of nitrogens with one attached hydrogen (secondary N) is 1. The van der Waals surface area contributed by atoms with Crippen LogP contribution in [-0.2, 0) is 6.54 Å². The van der Waals surface area contributed by atoms with Crippen LogP contribution in [0.5, 0.6) is 11.5 Å². The molecule has 0 radical (unpaired) electrons. The first kappa shape index (κ1) is 13.2. The zero-order valence-corrected chi connectivity index (χ0v) is 10.8. The maximum atomic E-state index is 10.2. The van der Waals surface area contributed by atoms with Crippen molar-refractivity contribution in [3.63, 3.8) is 0 Å². The van der Waals surface area contributed by atoms with E-state index in [-0.39, 0.29) is 5.75 Å². The van der Waals surface area contributed by atoms with E-state index in [9.17, 15) is 10.2 Å². The molecular formula is C14H21NO3. The highest BCUT2D eigenvalue weighted by Gasteiger charge is 2.30. The van der Waals surface area contributed by atoms with Gasteiger partial charge in [0.05, 0.1) is 12.7 Å². The molecule has 4 heteroatoms. The number of benzene rings is 1. The van der Waals surface area contributed by atoms with Crippen molar-refractivity contribution >= 4 is 0 Å². The topological polar surface area (TPSA) is 61.7 Å². The van der Waals surface area contributed by atoms with Crippen LogP contribution in [0.4, 0.5) is 0 Å². The number of methoxy groups -OCH3 is 1. The second-order valence-corrected chi connectivity index (χ2v) is 5.04. The van der Waals surface area contributed by atoms with Crippen molar-refractivity contribution in [2.24, 2.45) is 0 Å². The van der Waals surface area contributed by atoms with Crippen LogP contribution in [-0.4, -0.2) is 29.5 Å². The summed E-state index contributed by atoms with van der Waals surface area (Å²) in [5.74, 6) is 0.629. The third-order valence-corrected chi connectivity index (χ3v) is 3.56. The summed E-state index contributed by atoms with van der Waals surface area (Å²) in [6.07, 6.45) is 4.01. The zero-order valence-electron chi connectivity index (χ0n) is 10.8. The molecule has 100 valence electrons. The molecule has 3 N–H and O–H groups in total. The highest BCUT2D eigenvalue weighted by Crippen LogP contribution is 2.29. The van der Waals surface area contributed by atoms with Gasteiger partial charge in [-0.2, -0.15) is 0 Å². The molecule has 1 aromatic carbocycles. The van der Waals surface area contributed by atoms with Gasteiger partial charge in [0.25, 0.3) is 0 Å². The Kier molecular flexibility index (Phi) is 4.09. The van der Waals surface area contributed by atoms with E-state index in [1.54, 1.807) is 12.1 Å². The number of rotatable bonds is 5. The summed E-state index contributed by atoms with van der Waals surface area (Å²) in [4.78, 5) is 0. The number of aromatic hydroxyl groups is 1. The molecule has 1 aliphatic rings. The van der Waals surface area contributed by atoms with Crippen molar-refractivity contribution in [3.8, 4) is 11.5 Å². The van der Waals surface area contributed by atoms with Crippen molar-refractivity contribution in [3.05, 3.63) is 23.8 Å². The minimum absolute atomic E-state index is 0.149. The zero-order chi connectivity index (χ0) is 13.0. The van der Waals surface area contributed by atoms with Crippen molar-refractivity contribution in [1.29, 1.82) is 0 Å². The van der Waals surface area contributed by atoms with Gasteiger partial charge < -0.3 is 20.3 Å². The van der Waals surface area contributed by atoms with E-state index in [0.717, 1.165) is 31.2 Å². The maximum Gasteiger partial charge on any atom is 0.160 e. The van der Waals surface area contributed by atoms with Gasteiger partial charge in [-0.15, -0.1) is 0 Å². The maximum absolute atomic E-state index is 10.2. The number of aliphatic hydroxyl groups is 1. The molecule has 1 aromatic rings. The van der Waals surface area contributed by atoms with Crippen LogP contribution in [0.3, 0.4) is 0 Å². The molecule has 1 saturated carbocycles. The van der Waals surface area contributed by atoms with Crippen molar-refractivity contribution in [2.75, 3.05) is 13.7 Å². The molecule has 0 aromatic heterocycles. The van der Waals surface area contributed by atoms with Crippen LogP contribution < -0.4 is 10.1 Å². The second kappa shape index (κ2) is 5.59. The van der Waals surface area contributed by atoms with E-state index >= 15 is 0 Å². The number of phenols is 1.